The molecule has 0 aliphatic rings. The molecule has 186 valence electrons. The van der Waals surface area contributed by atoms with Gasteiger partial charge in [0.25, 0.3) is 0 Å². The average molecular weight is 456 g/mol. The fourth-order valence-electron chi connectivity index (χ4n) is 3.71. The summed E-state index contributed by atoms with van der Waals surface area (Å²) in [5.41, 5.74) is 0. The van der Waals surface area contributed by atoms with Crippen LogP contribution in [0.3, 0.4) is 0 Å². The van der Waals surface area contributed by atoms with Crippen LogP contribution in [0.5, 0.6) is 0 Å². The van der Waals surface area contributed by atoms with Gasteiger partial charge in [-0.05, 0) is 25.7 Å². The third-order valence-electron chi connectivity index (χ3n) is 6.50. The first kappa shape index (κ1) is 30.1. The van der Waals surface area contributed by atoms with Crippen molar-refractivity contribution in [2.45, 2.75) is 85.5 Å². The zero-order valence-electron chi connectivity index (χ0n) is 20.6. The molecule has 0 aromatic carbocycles. The van der Waals surface area contributed by atoms with Crippen molar-refractivity contribution in [2.24, 2.45) is 17.8 Å². The van der Waals surface area contributed by atoms with Gasteiger partial charge in [0.2, 0.25) is 0 Å². The van der Waals surface area contributed by atoms with Crippen molar-refractivity contribution in [1.82, 2.24) is 0 Å². The van der Waals surface area contributed by atoms with Gasteiger partial charge >= 0.3 is 11.9 Å². The molecule has 0 rings (SSSR count). The van der Waals surface area contributed by atoms with Crippen LogP contribution in [-0.2, 0) is 14.4 Å². The minimum Gasteiger partial charge on any atom is -0.550 e. The van der Waals surface area contributed by atoms with E-state index in [1.165, 1.54) is 12.8 Å². The summed E-state index contributed by atoms with van der Waals surface area (Å²) in [6.07, 6.45) is 12.2. The van der Waals surface area contributed by atoms with Gasteiger partial charge in [-0.15, -0.1) is 0 Å². The van der Waals surface area contributed by atoms with Gasteiger partial charge in [-0.1, -0.05) is 52.7 Å². The van der Waals surface area contributed by atoms with Crippen LogP contribution in [0, 0.1) is 17.8 Å². The number of allylic oxidation sites excluding steroid dienone is 2. The van der Waals surface area contributed by atoms with E-state index in [1.54, 1.807) is 20.8 Å². The fraction of sp³-hybridized carbons (Fsp3) is 0.800. The van der Waals surface area contributed by atoms with Crippen molar-refractivity contribution in [1.29, 1.82) is 0 Å². The van der Waals surface area contributed by atoms with E-state index in [-0.39, 0.29) is 0 Å². The zero-order valence-corrected chi connectivity index (χ0v) is 20.6. The van der Waals surface area contributed by atoms with Crippen LogP contribution in [0.15, 0.2) is 12.2 Å². The molecule has 0 radical (unpaired) electrons. The highest BCUT2D eigenvalue weighted by atomic mass is 16.4. The Morgan fingerprint density at radius 2 is 1.19 bits per heavy atom. The molecule has 0 spiro atoms. The monoisotopic (exact) mass is 455 g/mol. The summed E-state index contributed by atoms with van der Waals surface area (Å²) >= 11 is 0. The first-order valence-electron chi connectivity index (χ1n) is 12.2. The lowest BCUT2D eigenvalue weighted by atomic mass is 10.0. The Kier molecular flexibility index (Phi) is 15.7. The molecule has 0 aromatic heterocycles. The van der Waals surface area contributed by atoms with E-state index in [9.17, 15) is 29.7 Å². The molecule has 0 amide bonds. The van der Waals surface area contributed by atoms with Crippen LogP contribution in [-0.4, -0.2) is 58.8 Å². The summed E-state index contributed by atoms with van der Waals surface area (Å²) in [5.74, 6) is -4.36. The molecule has 2 N–H and O–H groups in total. The van der Waals surface area contributed by atoms with Gasteiger partial charge in [-0.3, -0.25) is 9.59 Å². The third kappa shape index (κ3) is 13.5. The van der Waals surface area contributed by atoms with Gasteiger partial charge in [-0.2, -0.15) is 0 Å². The lowest BCUT2D eigenvalue weighted by Crippen LogP contribution is -2.52. The molecule has 0 saturated carbocycles. The third-order valence-corrected chi connectivity index (χ3v) is 6.50. The number of nitrogens with zero attached hydrogens (tertiary/aromatic N) is 1. The van der Waals surface area contributed by atoms with Crippen LogP contribution in [0.2, 0.25) is 0 Å². The van der Waals surface area contributed by atoms with E-state index >= 15 is 0 Å². The molecule has 7 heteroatoms. The summed E-state index contributed by atoms with van der Waals surface area (Å²) in [6, 6.07) is 0. The van der Waals surface area contributed by atoms with E-state index in [4.69, 9.17) is 0 Å². The van der Waals surface area contributed by atoms with Crippen LogP contribution < -0.4 is 5.11 Å². The number of aliphatic carboxylic acids is 3. The highest BCUT2D eigenvalue weighted by Gasteiger charge is 2.30. The van der Waals surface area contributed by atoms with E-state index in [2.05, 4.69) is 19.1 Å². The Hall–Kier alpha value is -1.89. The lowest BCUT2D eigenvalue weighted by Gasteiger charge is -2.41. The van der Waals surface area contributed by atoms with Gasteiger partial charge in [0.15, 0.2) is 0 Å². The minimum atomic E-state index is -1.09. The SMILES string of the molecule is CCCC/C=C/CCCC[N+](CCC(C)C(=O)[O-])(CCC(C)C(=O)O)CCC(C)C(=O)O. The molecule has 0 bridgehead atoms. The summed E-state index contributed by atoms with van der Waals surface area (Å²) in [4.78, 5) is 34.0. The van der Waals surface area contributed by atoms with Crippen molar-refractivity contribution in [3.63, 3.8) is 0 Å². The smallest absolute Gasteiger partial charge is 0.306 e. The second-order valence-electron chi connectivity index (χ2n) is 9.41. The maximum absolute atomic E-state index is 11.4. The summed E-state index contributed by atoms with van der Waals surface area (Å²) in [7, 11) is 0. The van der Waals surface area contributed by atoms with E-state index in [0.29, 0.717) is 43.4 Å². The first-order valence-corrected chi connectivity index (χ1v) is 12.2. The highest BCUT2D eigenvalue weighted by Crippen LogP contribution is 2.21. The molecular weight excluding hydrogens is 410 g/mol. The Bertz CT molecular complexity index is 529. The minimum absolute atomic E-state index is 0.433. The van der Waals surface area contributed by atoms with Crippen LogP contribution in [0.4, 0.5) is 0 Å². The number of carbonyl (C=O) groups excluding carboxylic acids is 1. The summed E-state index contributed by atoms with van der Waals surface area (Å²) in [6.45, 7) is 9.75. The van der Waals surface area contributed by atoms with Gasteiger partial charge in [0, 0.05) is 31.1 Å². The van der Waals surface area contributed by atoms with Gasteiger partial charge in [0.1, 0.15) is 0 Å². The van der Waals surface area contributed by atoms with Crippen molar-refractivity contribution in [3.05, 3.63) is 12.2 Å². The number of carbonyl (C=O) groups is 3. The number of rotatable bonds is 20. The Balaban J connectivity index is 5.28. The number of quaternary nitrogens is 1. The predicted octanol–water partition coefficient (Wildman–Crippen LogP) is 3.72. The molecule has 0 fully saturated rings. The Labute approximate surface area is 194 Å². The van der Waals surface area contributed by atoms with E-state index < -0.39 is 35.7 Å². The Morgan fingerprint density at radius 1 is 0.750 bits per heavy atom. The Morgan fingerprint density at radius 3 is 1.59 bits per heavy atom. The molecular formula is C25H45NO6. The highest BCUT2D eigenvalue weighted by molar-refractivity contribution is 5.69. The average Bonchev–Trinajstić information content (AvgIpc) is 2.75. The van der Waals surface area contributed by atoms with Crippen molar-refractivity contribution in [2.75, 3.05) is 26.2 Å². The first-order chi connectivity index (χ1) is 15.0. The topological polar surface area (TPSA) is 115 Å². The normalized spacial score (nSPS) is 16.4. The second kappa shape index (κ2) is 16.7. The number of carboxylic acids is 3. The molecule has 0 saturated heterocycles. The van der Waals surface area contributed by atoms with Crippen molar-refractivity contribution >= 4 is 17.9 Å². The molecule has 7 nitrogen and oxygen atoms in total. The maximum Gasteiger partial charge on any atom is 0.306 e. The predicted molar refractivity (Wildman–Crippen MR) is 124 cm³/mol. The number of unbranched alkanes of at least 4 members (excludes halogenated alkanes) is 4. The second-order valence-corrected chi connectivity index (χ2v) is 9.41. The molecule has 0 heterocycles. The van der Waals surface area contributed by atoms with E-state index in [1.807, 2.05) is 0 Å². The molecule has 3 atom stereocenters. The van der Waals surface area contributed by atoms with Gasteiger partial charge in [0.05, 0.1) is 38.0 Å². The largest absolute Gasteiger partial charge is 0.550 e. The number of carboxylic acid groups (broad SMARTS) is 3. The fourth-order valence-corrected chi connectivity index (χ4v) is 3.71. The summed E-state index contributed by atoms with van der Waals surface area (Å²) in [5, 5.41) is 29.9. The quantitative estimate of drug-likeness (QED) is 0.164. The standard InChI is InChI=1S/C25H45NO6/c1-5-6-7-8-9-10-11-12-16-26(17-13-20(2)23(27)28,18-14-21(3)24(29)30)19-15-22(4)25(31)32/h8-9,20-22H,5-7,10-19H2,1-4H3,(H2-,27,28,29,30,31,32)/b9-8+. The van der Waals surface area contributed by atoms with Gasteiger partial charge < -0.3 is 24.6 Å². The maximum atomic E-state index is 11.4. The van der Waals surface area contributed by atoms with Crippen LogP contribution in [0.25, 0.3) is 0 Å². The molecule has 3 unspecified atom stereocenters. The number of hydrogen-bond donors (Lipinski definition) is 2. The summed E-state index contributed by atoms with van der Waals surface area (Å²) < 4.78 is 0.562. The zero-order chi connectivity index (χ0) is 24.6. The lowest BCUT2D eigenvalue weighted by molar-refractivity contribution is -0.929. The number of hydrogen-bond acceptors (Lipinski definition) is 4. The van der Waals surface area contributed by atoms with Crippen LogP contribution in [0.1, 0.15) is 85.5 Å². The molecule has 0 aliphatic carbocycles. The van der Waals surface area contributed by atoms with Gasteiger partial charge in [-0.25, -0.2) is 0 Å². The van der Waals surface area contributed by atoms with Crippen molar-refractivity contribution < 1.29 is 34.2 Å². The molecule has 0 aliphatic heterocycles. The van der Waals surface area contributed by atoms with Crippen molar-refractivity contribution in [3.8, 4) is 0 Å². The molecule has 32 heavy (non-hydrogen) atoms. The molecule has 0 aromatic rings. The van der Waals surface area contributed by atoms with E-state index in [0.717, 1.165) is 32.2 Å². The van der Waals surface area contributed by atoms with Crippen LogP contribution >= 0.6 is 0 Å².